The molecule has 1 aromatic carbocycles. The molecule has 2 fully saturated rings. The summed E-state index contributed by atoms with van der Waals surface area (Å²) in [7, 11) is 0. The number of hydrogen-bond acceptors (Lipinski definition) is 5. The van der Waals surface area contributed by atoms with Gasteiger partial charge in [-0.25, -0.2) is 4.39 Å². The molecular weight excluding hydrogens is 347 g/mol. The number of likely N-dealkylation sites (tertiary alicyclic amines) is 2. The van der Waals surface area contributed by atoms with Crippen molar-refractivity contribution in [1.82, 2.24) is 20.0 Å². The third-order valence-corrected chi connectivity index (χ3v) is 5.72. The summed E-state index contributed by atoms with van der Waals surface area (Å²) in [4.78, 5) is 17.3. The lowest BCUT2D eigenvalue weighted by molar-refractivity contribution is -0.147. The minimum atomic E-state index is -0.334. The molecule has 1 spiro atoms. The second kappa shape index (κ2) is 7.03. The van der Waals surface area contributed by atoms with E-state index in [1.54, 1.807) is 12.1 Å². The van der Waals surface area contributed by atoms with Gasteiger partial charge in [-0.15, -0.1) is 10.2 Å². The molecule has 0 N–H and O–H groups in total. The monoisotopic (exact) mass is 372 g/mol. The molecule has 2 aromatic rings. The van der Waals surface area contributed by atoms with Crippen molar-refractivity contribution in [3.8, 4) is 11.5 Å². The van der Waals surface area contributed by atoms with Crippen LogP contribution in [0.3, 0.4) is 0 Å². The molecule has 1 unspecified atom stereocenters. The molecule has 1 amide bonds. The summed E-state index contributed by atoms with van der Waals surface area (Å²) in [5.74, 6) is 0.768. The van der Waals surface area contributed by atoms with Crippen molar-refractivity contribution in [2.24, 2.45) is 5.41 Å². The first-order valence-electron chi connectivity index (χ1n) is 9.59. The van der Waals surface area contributed by atoms with E-state index in [0.717, 1.165) is 38.9 Å². The van der Waals surface area contributed by atoms with Gasteiger partial charge in [0.25, 0.3) is 0 Å². The van der Waals surface area contributed by atoms with E-state index in [1.165, 1.54) is 12.1 Å². The molecule has 7 heteroatoms. The first kappa shape index (κ1) is 18.1. The molecule has 0 saturated carbocycles. The van der Waals surface area contributed by atoms with Crippen LogP contribution in [0.4, 0.5) is 4.39 Å². The first-order valence-corrected chi connectivity index (χ1v) is 9.59. The van der Waals surface area contributed by atoms with Gasteiger partial charge in [0.15, 0.2) is 0 Å². The van der Waals surface area contributed by atoms with E-state index in [9.17, 15) is 9.18 Å². The van der Waals surface area contributed by atoms with Gasteiger partial charge in [-0.05, 0) is 57.9 Å². The number of benzene rings is 1. The lowest BCUT2D eigenvalue weighted by atomic mass is 9.78. The molecule has 4 rings (SSSR count). The molecule has 27 heavy (non-hydrogen) atoms. The smallest absolute Gasteiger partial charge is 0.247 e. The fourth-order valence-corrected chi connectivity index (χ4v) is 4.31. The van der Waals surface area contributed by atoms with E-state index >= 15 is 0 Å². The number of amides is 1. The average molecular weight is 372 g/mol. The fraction of sp³-hybridized carbons (Fsp3) is 0.550. The fourth-order valence-electron chi connectivity index (χ4n) is 4.31. The van der Waals surface area contributed by atoms with Gasteiger partial charge in [0, 0.05) is 24.7 Å². The molecule has 0 bridgehead atoms. The van der Waals surface area contributed by atoms with Gasteiger partial charge in [-0.3, -0.25) is 9.69 Å². The highest BCUT2D eigenvalue weighted by molar-refractivity contribution is 5.84. The molecule has 6 nitrogen and oxygen atoms in total. The van der Waals surface area contributed by atoms with Crippen LogP contribution in [0.25, 0.3) is 11.5 Å². The third-order valence-electron chi connectivity index (χ3n) is 5.72. The van der Waals surface area contributed by atoms with Gasteiger partial charge in [0.1, 0.15) is 5.82 Å². The van der Waals surface area contributed by atoms with Gasteiger partial charge in [0.05, 0.1) is 12.0 Å². The van der Waals surface area contributed by atoms with E-state index < -0.39 is 0 Å². The largest absolute Gasteiger partial charge is 0.419 e. The van der Waals surface area contributed by atoms with Gasteiger partial charge < -0.3 is 9.32 Å². The lowest BCUT2D eigenvalue weighted by Crippen LogP contribution is -2.52. The normalized spacial score (nSPS) is 23.7. The number of carbonyl (C=O) groups is 1. The Morgan fingerprint density at radius 1 is 1.26 bits per heavy atom. The van der Waals surface area contributed by atoms with Gasteiger partial charge in [-0.2, -0.15) is 0 Å². The molecule has 0 aliphatic carbocycles. The highest BCUT2D eigenvalue weighted by Gasteiger charge is 2.48. The SMILES string of the molecule is CC(C)N1CCCC2(CCN(Cc3nnc(-c4cccc(F)c4)o3)C2)C1=O. The maximum atomic E-state index is 13.4. The Labute approximate surface area is 158 Å². The second-order valence-electron chi connectivity index (χ2n) is 7.95. The van der Waals surface area contributed by atoms with Crippen LogP contribution in [0, 0.1) is 11.2 Å². The quantitative estimate of drug-likeness (QED) is 0.825. The van der Waals surface area contributed by atoms with E-state index in [4.69, 9.17) is 4.42 Å². The van der Waals surface area contributed by atoms with Gasteiger partial charge >= 0.3 is 0 Å². The molecule has 3 heterocycles. The van der Waals surface area contributed by atoms with Crippen LogP contribution in [-0.2, 0) is 11.3 Å². The van der Waals surface area contributed by atoms with Crippen LogP contribution in [-0.4, -0.2) is 51.6 Å². The molecule has 2 saturated heterocycles. The first-order chi connectivity index (χ1) is 13.0. The summed E-state index contributed by atoms with van der Waals surface area (Å²) in [6.07, 6.45) is 2.88. The van der Waals surface area contributed by atoms with Crippen LogP contribution in [0.1, 0.15) is 39.0 Å². The Bertz CT molecular complexity index is 837. The topological polar surface area (TPSA) is 62.5 Å². The molecule has 2 aliphatic rings. The second-order valence-corrected chi connectivity index (χ2v) is 7.95. The summed E-state index contributed by atoms with van der Waals surface area (Å²) in [6, 6.07) is 6.36. The summed E-state index contributed by atoms with van der Waals surface area (Å²) < 4.78 is 19.1. The Kier molecular flexibility index (Phi) is 4.72. The van der Waals surface area contributed by atoms with Crippen LogP contribution in [0.2, 0.25) is 0 Å². The van der Waals surface area contributed by atoms with Crippen LogP contribution in [0.5, 0.6) is 0 Å². The summed E-state index contributed by atoms with van der Waals surface area (Å²) >= 11 is 0. The highest BCUT2D eigenvalue weighted by Crippen LogP contribution is 2.41. The predicted octanol–water partition coefficient (Wildman–Crippen LogP) is 3.10. The van der Waals surface area contributed by atoms with Crippen LogP contribution < -0.4 is 0 Å². The average Bonchev–Trinajstić information content (AvgIpc) is 3.26. The van der Waals surface area contributed by atoms with Gasteiger partial charge in [0.2, 0.25) is 17.7 Å². The minimum Gasteiger partial charge on any atom is -0.419 e. The van der Waals surface area contributed by atoms with Crippen molar-refractivity contribution in [1.29, 1.82) is 0 Å². The zero-order chi connectivity index (χ0) is 19.0. The Balaban J connectivity index is 1.44. The predicted molar refractivity (Wildman–Crippen MR) is 98.1 cm³/mol. The van der Waals surface area contributed by atoms with E-state index in [2.05, 4.69) is 28.9 Å². The summed E-state index contributed by atoms with van der Waals surface area (Å²) in [5, 5.41) is 8.14. The van der Waals surface area contributed by atoms with Crippen molar-refractivity contribution >= 4 is 5.91 Å². The number of rotatable bonds is 4. The summed E-state index contributed by atoms with van der Waals surface area (Å²) in [6.45, 7) is 7.10. The molecule has 1 aromatic heterocycles. The van der Waals surface area contributed by atoms with Crippen LogP contribution >= 0.6 is 0 Å². The van der Waals surface area contributed by atoms with Crippen molar-refractivity contribution < 1.29 is 13.6 Å². The Morgan fingerprint density at radius 2 is 2.11 bits per heavy atom. The zero-order valence-electron chi connectivity index (χ0n) is 15.8. The Morgan fingerprint density at radius 3 is 2.89 bits per heavy atom. The molecular formula is C20H25FN4O2. The van der Waals surface area contributed by atoms with E-state index in [-0.39, 0.29) is 23.2 Å². The summed E-state index contributed by atoms with van der Waals surface area (Å²) in [5.41, 5.74) is 0.301. The number of halogens is 1. The van der Waals surface area contributed by atoms with Crippen molar-refractivity contribution in [3.05, 3.63) is 36.0 Å². The third kappa shape index (κ3) is 3.48. The molecule has 144 valence electrons. The maximum Gasteiger partial charge on any atom is 0.247 e. The number of carbonyl (C=O) groups excluding carboxylic acids is 1. The molecule has 2 aliphatic heterocycles. The van der Waals surface area contributed by atoms with Crippen molar-refractivity contribution in [2.75, 3.05) is 19.6 Å². The number of piperidine rings is 1. The molecule has 0 radical (unpaired) electrons. The zero-order valence-corrected chi connectivity index (χ0v) is 15.8. The van der Waals surface area contributed by atoms with Crippen molar-refractivity contribution in [2.45, 2.75) is 45.7 Å². The lowest BCUT2D eigenvalue weighted by Gasteiger charge is -2.41. The number of nitrogens with zero attached hydrogens (tertiary/aromatic N) is 4. The highest BCUT2D eigenvalue weighted by atomic mass is 19.1. The number of aromatic nitrogens is 2. The number of hydrogen-bond donors (Lipinski definition) is 0. The van der Waals surface area contributed by atoms with E-state index in [1.807, 2.05) is 4.90 Å². The van der Waals surface area contributed by atoms with E-state index in [0.29, 0.717) is 23.9 Å². The maximum absolute atomic E-state index is 13.4. The Hall–Kier alpha value is -2.28. The van der Waals surface area contributed by atoms with Crippen molar-refractivity contribution in [3.63, 3.8) is 0 Å². The van der Waals surface area contributed by atoms with Gasteiger partial charge in [-0.1, -0.05) is 6.07 Å². The minimum absolute atomic E-state index is 0.244. The van der Waals surface area contributed by atoms with Crippen LogP contribution in [0.15, 0.2) is 28.7 Å². The molecule has 1 atom stereocenters. The standard InChI is InChI=1S/C20H25FN4O2/c1-14(2)25-9-4-7-20(19(25)26)8-10-24(13-20)12-17-22-23-18(27-17)15-5-3-6-16(21)11-15/h3,5-6,11,14H,4,7-10,12-13H2,1-2H3.